The maximum Gasteiger partial charge on any atom is 0.250 e. The first-order valence-corrected chi connectivity index (χ1v) is 11.1. The summed E-state index contributed by atoms with van der Waals surface area (Å²) in [5, 5.41) is 6.67. The SMILES string of the molecule is [C-]#[N+]C1=CCC(C(=O)Nc2ccc(C(C)(C)NCCOC)cc2N2CCC(C)CC2)=C1. The molecule has 166 valence electrons. The molecular weight excluding hydrogens is 388 g/mol. The molecule has 1 saturated heterocycles. The largest absolute Gasteiger partial charge is 0.383 e. The Kier molecular flexibility index (Phi) is 7.53. The zero-order valence-electron chi connectivity index (χ0n) is 19.1. The second kappa shape index (κ2) is 10.1. The Labute approximate surface area is 186 Å². The maximum absolute atomic E-state index is 12.9. The van der Waals surface area contributed by atoms with Gasteiger partial charge >= 0.3 is 0 Å². The summed E-state index contributed by atoms with van der Waals surface area (Å²) in [6, 6.07) is 6.30. The number of hydrogen-bond donors (Lipinski definition) is 2. The summed E-state index contributed by atoms with van der Waals surface area (Å²) in [7, 11) is 1.71. The van der Waals surface area contributed by atoms with Gasteiger partial charge in [0.25, 0.3) is 5.91 Å². The minimum atomic E-state index is -0.221. The fourth-order valence-electron chi connectivity index (χ4n) is 4.05. The van der Waals surface area contributed by atoms with Gasteiger partial charge in [-0.25, -0.2) is 4.85 Å². The fraction of sp³-hybridized carbons (Fsp3) is 0.520. The van der Waals surface area contributed by atoms with E-state index in [0.717, 1.165) is 49.8 Å². The van der Waals surface area contributed by atoms with Gasteiger partial charge in [-0.05, 0) is 62.8 Å². The molecule has 0 spiro atoms. The van der Waals surface area contributed by atoms with Crippen molar-refractivity contribution in [1.82, 2.24) is 5.32 Å². The minimum Gasteiger partial charge on any atom is -0.383 e. The topological polar surface area (TPSA) is 58.0 Å². The highest BCUT2D eigenvalue weighted by atomic mass is 16.5. The van der Waals surface area contributed by atoms with Gasteiger partial charge in [-0.1, -0.05) is 19.1 Å². The summed E-state index contributed by atoms with van der Waals surface area (Å²) in [5.41, 5.74) is 4.02. The number of methoxy groups -OCH3 is 1. The number of piperidine rings is 1. The number of anilines is 2. The van der Waals surface area contributed by atoms with Gasteiger partial charge < -0.3 is 20.3 Å². The molecular formula is C25H34N4O2. The molecule has 0 aromatic heterocycles. The smallest absolute Gasteiger partial charge is 0.250 e. The Bertz CT molecular complexity index is 903. The summed E-state index contributed by atoms with van der Waals surface area (Å²) >= 11 is 0. The third-order valence-electron chi connectivity index (χ3n) is 6.24. The van der Waals surface area contributed by atoms with Crippen LogP contribution in [0, 0.1) is 12.5 Å². The minimum absolute atomic E-state index is 0.133. The summed E-state index contributed by atoms with van der Waals surface area (Å²) in [6.45, 7) is 17.2. The van der Waals surface area contributed by atoms with Crippen molar-refractivity contribution in [3.63, 3.8) is 0 Å². The molecule has 1 aliphatic heterocycles. The van der Waals surface area contributed by atoms with E-state index in [1.807, 2.05) is 6.07 Å². The lowest BCUT2D eigenvalue weighted by atomic mass is 9.92. The third-order valence-corrected chi connectivity index (χ3v) is 6.24. The molecule has 6 heteroatoms. The Morgan fingerprint density at radius 1 is 1.32 bits per heavy atom. The quantitative estimate of drug-likeness (QED) is 0.480. The van der Waals surface area contributed by atoms with Crippen molar-refractivity contribution in [2.24, 2.45) is 5.92 Å². The number of nitrogens with one attached hydrogen (secondary N) is 2. The van der Waals surface area contributed by atoms with Gasteiger partial charge in [0.2, 0.25) is 0 Å². The van der Waals surface area contributed by atoms with E-state index >= 15 is 0 Å². The van der Waals surface area contributed by atoms with Crippen LogP contribution in [0.4, 0.5) is 11.4 Å². The normalized spacial score (nSPS) is 17.2. The van der Waals surface area contributed by atoms with Crippen LogP contribution in [0.3, 0.4) is 0 Å². The molecule has 31 heavy (non-hydrogen) atoms. The predicted molar refractivity (Wildman–Crippen MR) is 126 cm³/mol. The molecule has 1 fully saturated rings. The lowest BCUT2D eigenvalue weighted by Gasteiger charge is -2.35. The number of nitrogens with zero attached hydrogens (tertiary/aromatic N) is 2. The van der Waals surface area contributed by atoms with Crippen LogP contribution in [0.25, 0.3) is 4.85 Å². The van der Waals surface area contributed by atoms with Gasteiger partial charge in [0, 0.05) is 37.9 Å². The average Bonchev–Trinajstić information content (AvgIpc) is 3.24. The zero-order chi connectivity index (χ0) is 22.4. The van der Waals surface area contributed by atoms with Crippen molar-refractivity contribution in [3.8, 4) is 0 Å². The van der Waals surface area contributed by atoms with E-state index in [-0.39, 0.29) is 11.4 Å². The number of benzene rings is 1. The lowest BCUT2D eigenvalue weighted by Crippen LogP contribution is -2.39. The molecule has 2 N–H and O–H groups in total. The molecule has 0 bridgehead atoms. The number of allylic oxidation sites excluding steroid dienone is 2. The number of hydrogen-bond acceptors (Lipinski definition) is 4. The first-order chi connectivity index (χ1) is 14.8. The lowest BCUT2D eigenvalue weighted by molar-refractivity contribution is -0.112. The molecule has 6 nitrogen and oxygen atoms in total. The van der Waals surface area contributed by atoms with Crippen molar-refractivity contribution >= 4 is 17.3 Å². The van der Waals surface area contributed by atoms with Crippen LogP contribution < -0.4 is 15.5 Å². The Morgan fingerprint density at radius 3 is 2.71 bits per heavy atom. The van der Waals surface area contributed by atoms with Crippen LogP contribution in [0.2, 0.25) is 0 Å². The summed E-state index contributed by atoms with van der Waals surface area (Å²) < 4.78 is 5.18. The van der Waals surface area contributed by atoms with Crippen LogP contribution in [0.1, 0.15) is 45.6 Å². The van der Waals surface area contributed by atoms with Gasteiger partial charge in [-0.3, -0.25) is 4.79 Å². The molecule has 1 aliphatic carbocycles. The molecule has 1 amide bonds. The van der Waals surface area contributed by atoms with Gasteiger partial charge in [-0.15, -0.1) is 0 Å². The molecule has 1 aromatic carbocycles. The monoisotopic (exact) mass is 422 g/mol. The second-order valence-corrected chi connectivity index (χ2v) is 9.01. The summed E-state index contributed by atoms with van der Waals surface area (Å²) in [5.74, 6) is 0.596. The van der Waals surface area contributed by atoms with E-state index in [1.165, 1.54) is 5.56 Å². The van der Waals surface area contributed by atoms with E-state index in [1.54, 1.807) is 19.3 Å². The molecule has 3 rings (SSSR count). The van der Waals surface area contributed by atoms with Crippen LogP contribution in [0.5, 0.6) is 0 Å². The Hall–Kier alpha value is -2.62. The summed E-state index contributed by atoms with van der Waals surface area (Å²) in [6.07, 6.45) is 6.29. The summed E-state index contributed by atoms with van der Waals surface area (Å²) in [4.78, 5) is 18.7. The van der Waals surface area contributed by atoms with Gasteiger partial charge in [0.05, 0.1) is 24.6 Å². The van der Waals surface area contributed by atoms with Crippen LogP contribution in [-0.2, 0) is 15.1 Å². The second-order valence-electron chi connectivity index (χ2n) is 9.01. The van der Waals surface area contributed by atoms with Crippen molar-refractivity contribution in [2.45, 2.75) is 45.6 Å². The third kappa shape index (κ3) is 5.75. The first kappa shape index (κ1) is 23.1. The van der Waals surface area contributed by atoms with Crippen LogP contribution in [0.15, 0.2) is 41.6 Å². The van der Waals surface area contributed by atoms with Crippen LogP contribution >= 0.6 is 0 Å². The first-order valence-electron chi connectivity index (χ1n) is 11.1. The van der Waals surface area contributed by atoms with Crippen molar-refractivity contribution < 1.29 is 9.53 Å². The molecule has 1 aromatic rings. The number of carbonyl (C=O) groups is 1. The molecule has 0 saturated carbocycles. The number of rotatable bonds is 8. The molecule has 0 unspecified atom stereocenters. The molecule has 0 radical (unpaired) electrons. The number of ether oxygens (including phenoxy) is 1. The van der Waals surface area contributed by atoms with E-state index < -0.39 is 0 Å². The Balaban J connectivity index is 1.86. The number of carbonyl (C=O) groups excluding carboxylic acids is 1. The van der Waals surface area contributed by atoms with E-state index in [0.29, 0.717) is 24.3 Å². The van der Waals surface area contributed by atoms with Gasteiger partial charge in [-0.2, -0.15) is 0 Å². The van der Waals surface area contributed by atoms with Crippen molar-refractivity contribution in [1.29, 1.82) is 0 Å². The maximum atomic E-state index is 12.9. The standard InChI is InChI=1S/C25H34N4O2/c1-18-10-13-29(14-11-18)23-17-20(25(2,3)27-12-15-31-5)7-9-22(23)28-24(30)19-6-8-21(16-19)26-4/h7-9,16-18,27H,6,10-15H2,1-3,5H3,(H,28,30). The highest BCUT2D eigenvalue weighted by Gasteiger charge is 2.25. The van der Waals surface area contributed by atoms with E-state index in [4.69, 9.17) is 11.3 Å². The highest BCUT2D eigenvalue weighted by Crippen LogP contribution is 2.34. The van der Waals surface area contributed by atoms with Gasteiger partial charge in [0.1, 0.15) is 0 Å². The predicted octanol–water partition coefficient (Wildman–Crippen LogP) is 4.47. The van der Waals surface area contributed by atoms with Gasteiger partial charge in [0.15, 0.2) is 5.70 Å². The van der Waals surface area contributed by atoms with Crippen molar-refractivity contribution in [3.05, 3.63) is 58.6 Å². The molecule has 2 aliphatic rings. The van der Waals surface area contributed by atoms with Crippen LogP contribution in [-0.4, -0.2) is 39.3 Å². The molecule has 1 heterocycles. The van der Waals surface area contributed by atoms with Crippen molar-refractivity contribution in [2.75, 3.05) is 43.6 Å². The van der Waals surface area contributed by atoms with E-state index in [2.05, 4.69) is 53.3 Å². The van der Waals surface area contributed by atoms with E-state index in [9.17, 15) is 4.79 Å². The Morgan fingerprint density at radius 2 is 2.06 bits per heavy atom. The zero-order valence-corrected chi connectivity index (χ0v) is 19.1. The molecule has 0 atom stereocenters. The number of amides is 1. The average molecular weight is 423 g/mol. The highest BCUT2D eigenvalue weighted by molar-refractivity contribution is 6.06. The fourth-order valence-corrected chi connectivity index (χ4v) is 4.05.